The average Bonchev–Trinajstić information content (AvgIpc) is 3.36. The molecule has 6 unspecified atom stereocenters. The van der Waals surface area contributed by atoms with Crippen molar-refractivity contribution in [3.63, 3.8) is 0 Å². The van der Waals surface area contributed by atoms with Crippen LogP contribution in [0, 0.1) is 17.3 Å². The molecule has 0 saturated heterocycles. The second-order valence-corrected chi connectivity index (χ2v) is 12.6. The summed E-state index contributed by atoms with van der Waals surface area (Å²) >= 11 is 0. The van der Waals surface area contributed by atoms with Gasteiger partial charge in [0.2, 0.25) is 0 Å². The van der Waals surface area contributed by atoms with Gasteiger partial charge in [0.25, 0.3) is 0 Å². The van der Waals surface area contributed by atoms with Gasteiger partial charge in [-0.15, -0.1) is 0 Å². The molecule has 8 heteroatoms. The summed E-state index contributed by atoms with van der Waals surface area (Å²) in [5.74, 6) is -1.13. The molecule has 8 nitrogen and oxygen atoms in total. The molecule has 1 aromatic heterocycles. The Morgan fingerprint density at radius 1 is 1.11 bits per heavy atom. The van der Waals surface area contributed by atoms with Gasteiger partial charge in [-0.05, 0) is 57.4 Å². The molecule has 1 saturated carbocycles. The minimum Gasteiger partial charge on any atom is -0.472 e. The van der Waals surface area contributed by atoms with Crippen LogP contribution in [0.15, 0.2) is 47.3 Å². The van der Waals surface area contributed by atoms with E-state index in [0.717, 1.165) is 18.4 Å². The maximum absolute atomic E-state index is 13.5. The summed E-state index contributed by atoms with van der Waals surface area (Å²) in [4.78, 5) is 26.1. The topological polar surface area (TPSA) is 118 Å². The van der Waals surface area contributed by atoms with Gasteiger partial charge in [-0.1, -0.05) is 44.2 Å². The smallest absolute Gasteiger partial charge is 0.408 e. The van der Waals surface area contributed by atoms with E-state index in [1.807, 2.05) is 6.92 Å². The van der Waals surface area contributed by atoms with Crippen LogP contribution < -0.4 is 5.32 Å². The number of benzene rings is 1. The van der Waals surface area contributed by atoms with E-state index in [1.165, 1.54) is 0 Å². The van der Waals surface area contributed by atoms with Crippen LogP contribution in [-0.4, -0.2) is 39.6 Å². The zero-order valence-corrected chi connectivity index (χ0v) is 22.5. The normalized spacial score (nSPS) is 28.3. The van der Waals surface area contributed by atoms with Gasteiger partial charge in [0.1, 0.15) is 11.7 Å². The Kier molecular flexibility index (Phi) is 7.20. The second kappa shape index (κ2) is 9.80. The number of aliphatic hydroxyl groups is 2. The van der Waals surface area contributed by atoms with E-state index in [4.69, 9.17) is 13.9 Å². The first-order chi connectivity index (χ1) is 17.2. The molecule has 0 aliphatic heterocycles. The lowest BCUT2D eigenvalue weighted by molar-refractivity contribution is -0.166. The summed E-state index contributed by atoms with van der Waals surface area (Å²) in [6.45, 7) is 11.3. The summed E-state index contributed by atoms with van der Waals surface area (Å²) in [5.41, 5.74) is 0.232. The summed E-state index contributed by atoms with van der Waals surface area (Å²) < 4.78 is 16.9. The number of hydrogen-bond donors (Lipinski definition) is 3. The van der Waals surface area contributed by atoms with E-state index < -0.39 is 41.5 Å². The third-order valence-electron chi connectivity index (χ3n) is 7.53. The molecule has 1 fully saturated rings. The zero-order valence-electron chi connectivity index (χ0n) is 22.5. The molecule has 0 radical (unpaired) electrons. The Balaban J connectivity index is 1.62. The maximum Gasteiger partial charge on any atom is 0.408 e. The van der Waals surface area contributed by atoms with E-state index in [0.29, 0.717) is 17.5 Å². The first-order valence-corrected chi connectivity index (χ1v) is 12.9. The van der Waals surface area contributed by atoms with Crippen LogP contribution in [0.3, 0.4) is 0 Å². The van der Waals surface area contributed by atoms with Crippen molar-refractivity contribution < 1.29 is 33.7 Å². The molecule has 3 N–H and O–H groups in total. The standard InChI is InChI=1S/C29H39NO7/c1-27(2,3)37-26(33)30-22(17-10-8-7-9-11-17)23(31)25(32)36-24-19-13-28(4,5)14-21(19)29(6,34)12-18-15-35-16-20(18)24/h7-11,15-16,19,21-24,31,34H,12-14H2,1-6H3,(H,30,33). The average molecular weight is 514 g/mol. The number of nitrogens with one attached hydrogen (secondary N) is 1. The van der Waals surface area contributed by atoms with Crippen molar-refractivity contribution in [1.29, 1.82) is 0 Å². The van der Waals surface area contributed by atoms with E-state index in [1.54, 1.807) is 63.6 Å². The fourth-order valence-corrected chi connectivity index (χ4v) is 6.00. The van der Waals surface area contributed by atoms with Crippen molar-refractivity contribution in [2.24, 2.45) is 17.3 Å². The van der Waals surface area contributed by atoms with Crippen LogP contribution in [0.5, 0.6) is 0 Å². The van der Waals surface area contributed by atoms with Crippen molar-refractivity contribution in [3.8, 4) is 0 Å². The van der Waals surface area contributed by atoms with Crippen LogP contribution in [0.2, 0.25) is 0 Å². The molecular weight excluding hydrogens is 474 g/mol. The number of rotatable bonds is 5. The number of furan rings is 1. The number of amides is 1. The Bertz CT molecular complexity index is 1110. The fraction of sp³-hybridized carbons (Fsp3) is 0.586. The Labute approximate surface area is 218 Å². The monoisotopic (exact) mass is 513 g/mol. The number of fused-ring (bicyclic) bond motifs is 2. The van der Waals surface area contributed by atoms with E-state index in [9.17, 15) is 19.8 Å². The molecule has 2 aliphatic carbocycles. The Morgan fingerprint density at radius 2 is 1.78 bits per heavy atom. The van der Waals surface area contributed by atoms with Gasteiger partial charge in [-0.25, -0.2) is 9.59 Å². The van der Waals surface area contributed by atoms with E-state index in [-0.39, 0.29) is 17.3 Å². The molecule has 2 aliphatic rings. The fourth-order valence-electron chi connectivity index (χ4n) is 6.00. The molecule has 0 spiro atoms. The maximum atomic E-state index is 13.5. The minimum atomic E-state index is -1.69. The molecule has 37 heavy (non-hydrogen) atoms. The van der Waals surface area contributed by atoms with E-state index in [2.05, 4.69) is 19.2 Å². The largest absolute Gasteiger partial charge is 0.472 e. The zero-order chi connectivity index (χ0) is 27.2. The molecule has 2 aromatic rings. The summed E-state index contributed by atoms with van der Waals surface area (Å²) in [7, 11) is 0. The minimum absolute atomic E-state index is 0.0469. The number of hydrogen-bond acceptors (Lipinski definition) is 7. The highest BCUT2D eigenvalue weighted by Crippen LogP contribution is 2.57. The van der Waals surface area contributed by atoms with Gasteiger partial charge in [0, 0.05) is 23.5 Å². The lowest BCUT2D eigenvalue weighted by Crippen LogP contribution is -2.44. The molecular formula is C29H39NO7. The van der Waals surface area contributed by atoms with Gasteiger partial charge in [-0.2, -0.15) is 0 Å². The first-order valence-electron chi connectivity index (χ1n) is 12.9. The summed E-state index contributed by atoms with van der Waals surface area (Å²) in [6, 6.07) is 7.66. The second-order valence-electron chi connectivity index (χ2n) is 12.6. The highest BCUT2D eigenvalue weighted by Gasteiger charge is 2.54. The number of alkyl carbamates (subject to hydrolysis) is 1. The Morgan fingerprint density at radius 3 is 2.43 bits per heavy atom. The first kappa shape index (κ1) is 27.2. The van der Waals surface area contributed by atoms with Crippen molar-refractivity contribution in [2.75, 3.05) is 0 Å². The number of ether oxygens (including phenoxy) is 2. The molecule has 1 aromatic carbocycles. The van der Waals surface area contributed by atoms with Crippen LogP contribution >= 0.6 is 0 Å². The van der Waals surface area contributed by atoms with Crippen LogP contribution in [0.25, 0.3) is 0 Å². The van der Waals surface area contributed by atoms with Gasteiger partial charge in [0.05, 0.1) is 24.2 Å². The summed E-state index contributed by atoms with van der Waals surface area (Å²) in [6.07, 6.45) is 1.92. The molecule has 0 bridgehead atoms. The number of carbonyl (C=O) groups excluding carboxylic acids is 2. The Hall–Kier alpha value is -2.84. The van der Waals surface area contributed by atoms with Crippen molar-refractivity contribution in [3.05, 3.63) is 59.5 Å². The molecule has 6 atom stereocenters. The van der Waals surface area contributed by atoms with Crippen LogP contribution in [-0.2, 0) is 20.7 Å². The number of carbonyl (C=O) groups is 2. The van der Waals surface area contributed by atoms with Crippen molar-refractivity contribution in [1.82, 2.24) is 5.32 Å². The predicted octanol–water partition coefficient (Wildman–Crippen LogP) is 4.85. The lowest BCUT2D eigenvalue weighted by Gasteiger charge is -2.34. The highest BCUT2D eigenvalue weighted by atomic mass is 16.6. The molecule has 4 rings (SSSR count). The molecule has 1 heterocycles. The van der Waals surface area contributed by atoms with E-state index >= 15 is 0 Å². The third-order valence-corrected chi connectivity index (χ3v) is 7.53. The van der Waals surface area contributed by atoms with Gasteiger partial charge >= 0.3 is 12.1 Å². The molecule has 1 amide bonds. The summed E-state index contributed by atoms with van der Waals surface area (Å²) in [5, 5.41) is 25.3. The van der Waals surface area contributed by atoms with Gasteiger partial charge < -0.3 is 29.4 Å². The van der Waals surface area contributed by atoms with Crippen molar-refractivity contribution in [2.45, 2.75) is 90.3 Å². The van der Waals surface area contributed by atoms with Crippen molar-refractivity contribution >= 4 is 12.1 Å². The SMILES string of the molecule is CC1(C)CC2C(OC(=O)C(O)C(NC(=O)OC(C)(C)C)c3ccccc3)c3cocc3CC(C)(O)C2C1. The van der Waals surface area contributed by atoms with Crippen LogP contribution in [0.4, 0.5) is 4.79 Å². The highest BCUT2D eigenvalue weighted by molar-refractivity contribution is 5.78. The number of esters is 1. The lowest BCUT2D eigenvalue weighted by atomic mass is 9.78. The van der Waals surface area contributed by atoms with Gasteiger partial charge in [-0.3, -0.25) is 0 Å². The van der Waals surface area contributed by atoms with Gasteiger partial charge in [0.15, 0.2) is 6.10 Å². The van der Waals surface area contributed by atoms with Crippen LogP contribution in [0.1, 0.15) is 83.2 Å². The predicted molar refractivity (Wildman–Crippen MR) is 136 cm³/mol. The quantitative estimate of drug-likeness (QED) is 0.489. The third kappa shape index (κ3) is 6.02. The number of aliphatic hydroxyl groups excluding tert-OH is 1. The molecule has 202 valence electrons.